The van der Waals surface area contributed by atoms with Gasteiger partial charge in [-0.25, -0.2) is 0 Å². The highest BCUT2D eigenvalue weighted by Crippen LogP contribution is 2.68. The van der Waals surface area contributed by atoms with Crippen molar-refractivity contribution in [1.82, 2.24) is 0 Å². The van der Waals surface area contributed by atoms with E-state index in [4.69, 9.17) is 0 Å². The molecule has 11 aromatic rings. The van der Waals surface area contributed by atoms with E-state index in [1.165, 1.54) is 81.8 Å². The molecule has 310 valence electrons. The molecule has 66 heavy (non-hydrogen) atoms. The minimum Gasteiger partial charge on any atom is -0.310 e. The van der Waals surface area contributed by atoms with Gasteiger partial charge in [-0.2, -0.15) is 0 Å². The van der Waals surface area contributed by atoms with Crippen LogP contribution in [0.25, 0.3) is 54.6 Å². The lowest BCUT2D eigenvalue weighted by molar-refractivity contribution is 0.811. The third kappa shape index (κ3) is 5.87. The molecule has 13 rings (SSSR count). The smallest absolute Gasteiger partial charge is 0.0820 e. The molecular weight excluding hydrogens is 817 g/mol. The van der Waals surface area contributed by atoms with Crippen molar-refractivity contribution in [3.8, 4) is 44.5 Å². The minimum atomic E-state index is -0.525. The van der Waals surface area contributed by atoms with E-state index < -0.39 is 5.41 Å². The molecule has 1 aromatic heterocycles. The van der Waals surface area contributed by atoms with Crippen LogP contribution < -0.4 is 9.80 Å². The van der Waals surface area contributed by atoms with Crippen molar-refractivity contribution in [2.24, 2.45) is 0 Å². The van der Waals surface area contributed by atoms with Gasteiger partial charge in [0.1, 0.15) is 0 Å². The van der Waals surface area contributed by atoms with Crippen molar-refractivity contribution < 1.29 is 0 Å². The Morgan fingerprint density at radius 2 is 0.773 bits per heavy atom. The first-order chi connectivity index (χ1) is 32.8. The van der Waals surface area contributed by atoms with E-state index in [1.54, 1.807) is 0 Å². The highest BCUT2D eigenvalue weighted by molar-refractivity contribution is 7.20. The van der Waals surface area contributed by atoms with E-state index in [0.717, 1.165) is 28.4 Å². The van der Waals surface area contributed by atoms with Gasteiger partial charge in [0.15, 0.2) is 0 Å². The maximum absolute atomic E-state index is 2.47. The average Bonchev–Trinajstić information content (AvgIpc) is 4.02. The van der Waals surface area contributed by atoms with E-state index in [2.05, 4.69) is 265 Å². The molecular formula is C63H42N2S. The summed E-state index contributed by atoms with van der Waals surface area (Å²) in [5, 5.41) is 1.30. The molecule has 0 saturated heterocycles. The van der Waals surface area contributed by atoms with E-state index in [-0.39, 0.29) is 0 Å². The number of fused-ring (bicyclic) bond motifs is 12. The van der Waals surface area contributed by atoms with Gasteiger partial charge in [0.05, 0.1) is 11.1 Å². The lowest BCUT2D eigenvalue weighted by atomic mass is 9.73. The molecule has 3 heteroatoms. The van der Waals surface area contributed by atoms with Crippen molar-refractivity contribution in [1.29, 1.82) is 0 Å². The SMILES string of the molecule is c1ccc(-c2ccc(N(c3ccccc3)c3ccc4c(c3)-c3ccccc3C43c4cccc(N(c5ccccc5)c5ccc(-c6ccccc6)cc5)c4-c4c3sc3ccccc43)cc2)cc1. The summed E-state index contributed by atoms with van der Waals surface area (Å²) in [6.45, 7) is 0. The summed E-state index contributed by atoms with van der Waals surface area (Å²) < 4.78 is 1.30. The van der Waals surface area contributed by atoms with Gasteiger partial charge < -0.3 is 9.80 Å². The fraction of sp³-hybridized carbons (Fsp3) is 0.0159. The largest absolute Gasteiger partial charge is 0.310 e. The Labute approximate surface area is 389 Å². The topological polar surface area (TPSA) is 6.48 Å². The molecule has 2 nitrogen and oxygen atoms in total. The van der Waals surface area contributed by atoms with Crippen LogP contribution in [0.15, 0.2) is 255 Å². The third-order valence-electron chi connectivity index (χ3n) is 13.7. The fourth-order valence-corrected chi connectivity index (χ4v) is 12.3. The van der Waals surface area contributed by atoms with Gasteiger partial charge in [-0.15, -0.1) is 11.3 Å². The lowest BCUT2D eigenvalue weighted by Crippen LogP contribution is -2.25. The van der Waals surface area contributed by atoms with Crippen molar-refractivity contribution >= 4 is 55.5 Å². The van der Waals surface area contributed by atoms with Crippen LogP contribution in [-0.2, 0) is 5.41 Å². The highest BCUT2D eigenvalue weighted by Gasteiger charge is 2.54. The highest BCUT2D eigenvalue weighted by atomic mass is 32.1. The summed E-state index contributed by atoms with van der Waals surface area (Å²) in [4.78, 5) is 6.25. The Morgan fingerprint density at radius 1 is 0.303 bits per heavy atom. The second kappa shape index (κ2) is 15.5. The summed E-state index contributed by atoms with van der Waals surface area (Å²) in [5.74, 6) is 0. The first-order valence-electron chi connectivity index (χ1n) is 22.7. The van der Waals surface area contributed by atoms with Gasteiger partial charge in [-0.3, -0.25) is 0 Å². The summed E-state index contributed by atoms with van der Waals surface area (Å²) in [6.07, 6.45) is 0. The molecule has 1 unspecified atom stereocenters. The Morgan fingerprint density at radius 3 is 1.42 bits per heavy atom. The molecule has 1 atom stereocenters. The molecule has 1 spiro atoms. The van der Waals surface area contributed by atoms with Crippen LogP contribution in [0.1, 0.15) is 21.6 Å². The molecule has 0 saturated carbocycles. The van der Waals surface area contributed by atoms with Gasteiger partial charge in [-0.1, -0.05) is 182 Å². The molecule has 0 aliphatic heterocycles. The van der Waals surface area contributed by atoms with Gasteiger partial charge in [0, 0.05) is 54.5 Å². The van der Waals surface area contributed by atoms with Crippen LogP contribution in [0, 0.1) is 0 Å². The lowest BCUT2D eigenvalue weighted by Gasteiger charge is -2.32. The monoisotopic (exact) mass is 858 g/mol. The third-order valence-corrected chi connectivity index (χ3v) is 14.9. The van der Waals surface area contributed by atoms with Crippen LogP contribution >= 0.6 is 11.3 Å². The second-order valence-electron chi connectivity index (χ2n) is 17.2. The maximum Gasteiger partial charge on any atom is 0.0820 e. The number of thiophene rings is 1. The summed E-state index contributed by atoms with van der Waals surface area (Å²) >= 11 is 1.95. The number of hydrogen-bond donors (Lipinski definition) is 0. The zero-order chi connectivity index (χ0) is 43.6. The number of anilines is 6. The normalized spacial score (nSPS) is 14.1. The van der Waals surface area contributed by atoms with E-state index in [0.29, 0.717) is 0 Å². The molecule has 2 aliphatic carbocycles. The van der Waals surface area contributed by atoms with E-state index in [1.807, 2.05) is 11.3 Å². The van der Waals surface area contributed by atoms with Crippen molar-refractivity contribution in [2.45, 2.75) is 5.41 Å². The predicted octanol–water partition coefficient (Wildman–Crippen LogP) is 17.5. The maximum atomic E-state index is 2.47. The Balaban J connectivity index is 1.03. The molecule has 0 bridgehead atoms. The quantitative estimate of drug-likeness (QED) is 0.150. The number of benzene rings is 10. The Bertz CT molecular complexity index is 3560. The standard InChI is InChI=1S/C63H42N2S/c1-5-18-43(19-6-1)45-32-36-49(37-33-45)64(47-22-9-3-10-23-47)51-40-41-56-54(42-51)52-26-13-15-28-55(52)63(56)57-29-17-30-58(61(57)60-53-27-14-16-31-59(53)66-62(60)63)65(48-24-11-4-12-25-48)50-38-34-46(35-39-50)44-20-7-2-8-21-44/h1-42H. The average molecular weight is 859 g/mol. The van der Waals surface area contributed by atoms with Gasteiger partial charge in [0.25, 0.3) is 0 Å². The minimum absolute atomic E-state index is 0.525. The number of rotatable bonds is 8. The summed E-state index contributed by atoms with van der Waals surface area (Å²) in [7, 11) is 0. The van der Waals surface area contributed by atoms with Crippen LogP contribution in [0.3, 0.4) is 0 Å². The van der Waals surface area contributed by atoms with Crippen LogP contribution in [-0.4, -0.2) is 0 Å². The van der Waals surface area contributed by atoms with Crippen molar-refractivity contribution in [3.63, 3.8) is 0 Å². The van der Waals surface area contributed by atoms with E-state index in [9.17, 15) is 0 Å². The molecule has 0 amide bonds. The summed E-state index contributed by atoms with van der Waals surface area (Å²) in [6, 6.07) is 93.4. The van der Waals surface area contributed by atoms with Crippen molar-refractivity contribution in [2.75, 3.05) is 9.80 Å². The molecule has 10 aromatic carbocycles. The molecule has 0 radical (unpaired) electrons. The van der Waals surface area contributed by atoms with Crippen LogP contribution in [0.2, 0.25) is 0 Å². The predicted molar refractivity (Wildman–Crippen MR) is 278 cm³/mol. The van der Waals surface area contributed by atoms with Crippen molar-refractivity contribution in [3.05, 3.63) is 276 Å². The Kier molecular flexibility index (Phi) is 8.97. The number of hydrogen-bond acceptors (Lipinski definition) is 3. The van der Waals surface area contributed by atoms with Gasteiger partial charge in [0.2, 0.25) is 0 Å². The first-order valence-corrected chi connectivity index (χ1v) is 23.5. The first kappa shape index (κ1) is 38.2. The summed E-state index contributed by atoms with van der Waals surface area (Å²) in [5.41, 5.74) is 20.2. The fourth-order valence-electron chi connectivity index (χ4n) is 10.8. The van der Waals surface area contributed by atoms with Crippen LogP contribution in [0.4, 0.5) is 34.1 Å². The zero-order valence-electron chi connectivity index (χ0n) is 36.1. The van der Waals surface area contributed by atoms with Gasteiger partial charge >= 0.3 is 0 Å². The second-order valence-corrected chi connectivity index (χ2v) is 18.2. The molecule has 2 aliphatic rings. The molecule has 1 heterocycles. The molecule has 0 fully saturated rings. The number of nitrogens with zero attached hydrogens (tertiary/aromatic N) is 2. The van der Waals surface area contributed by atoms with Crippen LogP contribution in [0.5, 0.6) is 0 Å². The Hall–Kier alpha value is -8.24. The van der Waals surface area contributed by atoms with Gasteiger partial charge in [-0.05, 0) is 123 Å². The van der Waals surface area contributed by atoms with E-state index >= 15 is 0 Å². The zero-order valence-corrected chi connectivity index (χ0v) is 36.9. The molecule has 0 N–H and O–H groups in total. The number of para-hydroxylation sites is 2.